The third kappa shape index (κ3) is 1.05. The molecule has 0 amide bonds. The van der Waals surface area contributed by atoms with Crippen molar-refractivity contribution < 1.29 is 5.11 Å². The number of nitrogens with zero attached hydrogens (tertiary/aromatic N) is 2. The summed E-state index contributed by atoms with van der Waals surface area (Å²) < 4.78 is 2.00. The summed E-state index contributed by atoms with van der Waals surface area (Å²) in [6.07, 6.45) is 4.23. The van der Waals surface area contributed by atoms with Gasteiger partial charge in [-0.2, -0.15) is 0 Å². The Balaban J connectivity index is 2.37. The summed E-state index contributed by atoms with van der Waals surface area (Å²) in [6, 6.07) is 0. The molecule has 1 aromatic rings. The Labute approximate surface area is 65.7 Å². The van der Waals surface area contributed by atoms with Crippen LogP contribution in [0.4, 0.5) is 0 Å². The van der Waals surface area contributed by atoms with E-state index < -0.39 is 0 Å². The zero-order chi connectivity index (χ0) is 7.84. The monoisotopic (exact) mass is 152 g/mol. The molecule has 3 nitrogen and oxygen atoms in total. The second-order valence-corrected chi connectivity index (χ2v) is 3.15. The first-order valence-electron chi connectivity index (χ1n) is 3.94. The lowest BCUT2D eigenvalue weighted by atomic mass is 9.98. The summed E-state index contributed by atoms with van der Waals surface area (Å²) >= 11 is 0. The quantitative estimate of drug-likeness (QED) is 0.579. The summed E-state index contributed by atoms with van der Waals surface area (Å²) in [4.78, 5) is 4.24. The number of aliphatic hydroxyl groups is 1. The minimum Gasteiger partial charge on any atom is -0.393 e. The van der Waals surface area contributed by atoms with Crippen LogP contribution >= 0.6 is 0 Å². The van der Waals surface area contributed by atoms with Crippen LogP contribution in [0.25, 0.3) is 0 Å². The number of aromatic nitrogens is 2. The van der Waals surface area contributed by atoms with Gasteiger partial charge in [-0.1, -0.05) is 0 Å². The largest absolute Gasteiger partial charge is 0.393 e. The van der Waals surface area contributed by atoms with Crippen LogP contribution in [0.1, 0.15) is 17.8 Å². The molecular formula is C8H12N2O. The van der Waals surface area contributed by atoms with E-state index >= 15 is 0 Å². The first kappa shape index (κ1) is 6.85. The molecule has 0 radical (unpaired) electrons. The van der Waals surface area contributed by atoms with E-state index in [2.05, 4.69) is 4.98 Å². The highest BCUT2D eigenvalue weighted by molar-refractivity contribution is 5.17. The maximum absolute atomic E-state index is 9.36. The van der Waals surface area contributed by atoms with E-state index in [1.807, 2.05) is 17.9 Å². The van der Waals surface area contributed by atoms with Crippen molar-refractivity contribution >= 4 is 0 Å². The zero-order valence-corrected chi connectivity index (χ0v) is 6.62. The number of imidazole rings is 1. The molecule has 0 aromatic carbocycles. The lowest BCUT2D eigenvalue weighted by Crippen LogP contribution is -2.20. The van der Waals surface area contributed by atoms with Gasteiger partial charge in [0.15, 0.2) is 0 Å². The maximum Gasteiger partial charge on any atom is 0.0949 e. The molecule has 1 atom stereocenters. The van der Waals surface area contributed by atoms with Gasteiger partial charge in [0.25, 0.3) is 0 Å². The Kier molecular flexibility index (Phi) is 1.46. The van der Waals surface area contributed by atoms with E-state index in [-0.39, 0.29) is 6.10 Å². The Morgan fingerprint density at radius 2 is 2.55 bits per heavy atom. The van der Waals surface area contributed by atoms with E-state index in [1.54, 1.807) is 0 Å². The van der Waals surface area contributed by atoms with E-state index in [9.17, 15) is 5.11 Å². The van der Waals surface area contributed by atoms with Crippen LogP contribution < -0.4 is 0 Å². The van der Waals surface area contributed by atoms with Gasteiger partial charge in [0.2, 0.25) is 0 Å². The SMILES string of the molecule is Cn1cnc2c1CC(O)CC2. The van der Waals surface area contributed by atoms with Crippen LogP contribution in [-0.4, -0.2) is 20.8 Å². The van der Waals surface area contributed by atoms with Gasteiger partial charge in [-0.25, -0.2) is 4.98 Å². The predicted octanol–water partition coefficient (Wildman–Crippen LogP) is 0.270. The molecule has 0 aliphatic heterocycles. The number of fused-ring (bicyclic) bond motifs is 1. The number of aliphatic hydroxyl groups excluding tert-OH is 1. The van der Waals surface area contributed by atoms with Crippen molar-refractivity contribution in [2.75, 3.05) is 0 Å². The molecule has 0 saturated heterocycles. The fraction of sp³-hybridized carbons (Fsp3) is 0.625. The van der Waals surface area contributed by atoms with Crippen LogP contribution in [-0.2, 0) is 19.9 Å². The average molecular weight is 152 g/mol. The highest BCUT2D eigenvalue weighted by Crippen LogP contribution is 2.18. The molecule has 3 heteroatoms. The smallest absolute Gasteiger partial charge is 0.0949 e. The lowest BCUT2D eigenvalue weighted by Gasteiger charge is -2.17. The third-order valence-corrected chi connectivity index (χ3v) is 2.29. The van der Waals surface area contributed by atoms with E-state index in [0.29, 0.717) is 0 Å². The summed E-state index contributed by atoms with van der Waals surface area (Å²) in [7, 11) is 1.98. The van der Waals surface area contributed by atoms with Gasteiger partial charge in [0.1, 0.15) is 0 Å². The highest BCUT2D eigenvalue weighted by Gasteiger charge is 2.19. The Hall–Kier alpha value is -0.830. The number of rotatable bonds is 0. The first-order valence-corrected chi connectivity index (χ1v) is 3.94. The molecule has 1 unspecified atom stereocenters. The second-order valence-electron chi connectivity index (χ2n) is 3.15. The summed E-state index contributed by atoms with van der Waals surface area (Å²) in [6.45, 7) is 0. The molecule has 1 aliphatic rings. The fourth-order valence-corrected chi connectivity index (χ4v) is 1.60. The second kappa shape index (κ2) is 2.34. The van der Waals surface area contributed by atoms with Crippen LogP contribution in [0.3, 0.4) is 0 Å². The van der Waals surface area contributed by atoms with E-state index in [4.69, 9.17) is 0 Å². The average Bonchev–Trinajstić information content (AvgIpc) is 2.33. The molecule has 1 aromatic heterocycles. The van der Waals surface area contributed by atoms with Crippen LogP contribution in [0, 0.1) is 0 Å². The molecule has 60 valence electrons. The highest BCUT2D eigenvalue weighted by atomic mass is 16.3. The van der Waals surface area contributed by atoms with Crippen molar-refractivity contribution in [3.05, 3.63) is 17.7 Å². The standard InChI is InChI=1S/C8H12N2O/c1-10-5-9-7-3-2-6(11)4-8(7)10/h5-6,11H,2-4H2,1H3. The molecule has 11 heavy (non-hydrogen) atoms. The van der Waals surface area contributed by atoms with Crippen molar-refractivity contribution in [2.45, 2.75) is 25.4 Å². The van der Waals surface area contributed by atoms with Crippen molar-refractivity contribution in [3.8, 4) is 0 Å². The Morgan fingerprint density at radius 1 is 1.73 bits per heavy atom. The van der Waals surface area contributed by atoms with Gasteiger partial charge in [0.05, 0.1) is 18.1 Å². The molecule has 0 spiro atoms. The predicted molar refractivity (Wildman–Crippen MR) is 41.2 cm³/mol. The van der Waals surface area contributed by atoms with Gasteiger partial charge in [-0.15, -0.1) is 0 Å². The van der Waals surface area contributed by atoms with Gasteiger partial charge >= 0.3 is 0 Å². The van der Waals surface area contributed by atoms with Gasteiger partial charge in [0, 0.05) is 19.2 Å². The molecule has 2 rings (SSSR count). The summed E-state index contributed by atoms with van der Waals surface area (Å²) in [5, 5.41) is 9.36. The van der Waals surface area contributed by atoms with E-state index in [1.165, 1.54) is 5.69 Å². The molecule has 1 aliphatic carbocycles. The summed E-state index contributed by atoms with van der Waals surface area (Å²) in [5.41, 5.74) is 2.36. The van der Waals surface area contributed by atoms with Crippen molar-refractivity contribution in [1.82, 2.24) is 9.55 Å². The number of hydrogen-bond acceptors (Lipinski definition) is 2. The normalized spacial score (nSPS) is 23.3. The lowest BCUT2D eigenvalue weighted by molar-refractivity contribution is 0.155. The molecule has 0 saturated carbocycles. The topological polar surface area (TPSA) is 38.0 Å². The molecular weight excluding hydrogens is 140 g/mol. The van der Waals surface area contributed by atoms with Crippen LogP contribution in [0.2, 0.25) is 0 Å². The van der Waals surface area contributed by atoms with Gasteiger partial charge < -0.3 is 9.67 Å². The fourth-order valence-electron chi connectivity index (χ4n) is 1.60. The van der Waals surface area contributed by atoms with Crippen molar-refractivity contribution in [3.63, 3.8) is 0 Å². The molecule has 0 fully saturated rings. The van der Waals surface area contributed by atoms with Gasteiger partial charge in [-0.3, -0.25) is 0 Å². The molecule has 1 N–H and O–H groups in total. The van der Waals surface area contributed by atoms with Gasteiger partial charge in [-0.05, 0) is 12.8 Å². The minimum atomic E-state index is -0.155. The molecule has 1 heterocycles. The number of aryl methyl sites for hydroxylation is 2. The number of hydrogen-bond donors (Lipinski definition) is 1. The first-order chi connectivity index (χ1) is 5.27. The van der Waals surface area contributed by atoms with Crippen LogP contribution in [0.15, 0.2) is 6.33 Å². The van der Waals surface area contributed by atoms with Crippen molar-refractivity contribution in [1.29, 1.82) is 0 Å². The Morgan fingerprint density at radius 3 is 3.36 bits per heavy atom. The minimum absolute atomic E-state index is 0.155. The van der Waals surface area contributed by atoms with Crippen molar-refractivity contribution in [2.24, 2.45) is 7.05 Å². The third-order valence-electron chi connectivity index (χ3n) is 2.29. The summed E-state index contributed by atoms with van der Waals surface area (Å²) in [5.74, 6) is 0. The Bertz CT molecular complexity index is 267. The molecule has 0 bridgehead atoms. The zero-order valence-electron chi connectivity index (χ0n) is 6.62. The van der Waals surface area contributed by atoms with E-state index in [0.717, 1.165) is 25.0 Å². The maximum atomic E-state index is 9.36. The van der Waals surface area contributed by atoms with Crippen LogP contribution in [0.5, 0.6) is 0 Å².